The van der Waals surface area contributed by atoms with Crippen LogP contribution in [0.5, 0.6) is 0 Å². The minimum atomic E-state index is -0.586. The quantitative estimate of drug-likeness (QED) is 0.640. The maximum atomic E-state index is 12.4. The molecule has 0 bridgehead atoms. The van der Waals surface area contributed by atoms with Gasteiger partial charge in [-0.15, -0.1) is 0 Å². The summed E-state index contributed by atoms with van der Waals surface area (Å²) in [6.07, 6.45) is -2.06. The Balaban J connectivity index is 1.27. The summed E-state index contributed by atoms with van der Waals surface area (Å²) >= 11 is 0. The van der Waals surface area contributed by atoms with E-state index in [2.05, 4.69) is 29.8 Å². The van der Waals surface area contributed by atoms with E-state index < -0.39 is 36.5 Å². The van der Waals surface area contributed by atoms with Crippen LogP contribution in [0, 0.1) is 11.3 Å². The van der Waals surface area contributed by atoms with Crippen molar-refractivity contribution in [3.8, 4) is 6.07 Å². The zero-order valence-electron chi connectivity index (χ0n) is 18.4. The van der Waals surface area contributed by atoms with Crippen LogP contribution in [0.2, 0.25) is 0 Å². The van der Waals surface area contributed by atoms with E-state index in [1.807, 2.05) is 30.3 Å². The highest BCUT2D eigenvalue weighted by Crippen LogP contribution is 2.29. The third kappa shape index (κ3) is 5.42. The van der Waals surface area contributed by atoms with Gasteiger partial charge in [0.25, 0.3) is 0 Å². The van der Waals surface area contributed by atoms with Gasteiger partial charge in [-0.25, -0.2) is 9.59 Å². The van der Waals surface area contributed by atoms with Crippen molar-refractivity contribution in [2.75, 3.05) is 23.8 Å². The number of carbonyl (C=O) groups is 2. The molecule has 0 spiro atoms. The Morgan fingerprint density at radius 1 is 1.03 bits per heavy atom. The average Bonchev–Trinajstić information content (AvgIpc) is 3.37. The van der Waals surface area contributed by atoms with Crippen molar-refractivity contribution in [1.82, 2.24) is 5.32 Å². The second-order valence-corrected chi connectivity index (χ2v) is 8.34. The minimum Gasteiger partial charge on any atom is -0.441 e. The summed E-state index contributed by atoms with van der Waals surface area (Å²) in [5, 5.41) is 17.2. The Hall–Kier alpha value is -3.61. The van der Waals surface area contributed by atoms with Gasteiger partial charge in [0.1, 0.15) is 12.2 Å². The molecule has 172 valence electrons. The fraction of sp³-hybridized carbons (Fsp3) is 0.375. The van der Waals surface area contributed by atoms with E-state index in [4.69, 9.17) is 19.5 Å². The van der Waals surface area contributed by atoms with Gasteiger partial charge in [-0.05, 0) is 41.8 Å². The van der Waals surface area contributed by atoms with Crippen LogP contribution in [0.25, 0.3) is 0 Å². The van der Waals surface area contributed by atoms with Gasteiger partial charge in [0, 0.05) is 11.4 Å². The fourth-order valence-corrected chi connectivity index (χ4v) is 3.93. The lowest BCUT2D eigenvalue weighted by Crippen LogP contribution is -2.46. The van der Waals surface area contributed by atoms with Crippen molar-refractivity contribution in [1.29, 1.82) is 5.26 Å². The Bertz CT molecular complexity index is 1050. The number of amides is 3. The minimum absolute atomic E-state index is 0.180. The monoisotopic (exact) mass is 450 g/mol. The average molecular weight is 450 g/mol. The van der Waals surface area contributed by atoms with E-state index >= 15 is 0 Å². The molecule has 9 heteroatoms. The standard InChI is InChI=1S/C24H26N4O5/c1-14(2)16-6-8-17(9-7-16)27-24(30)33-20-13-32-21-19(12-31-22(20)21)28-23(29)26-18-5-3-4-15(10-18)11-25/h3-10,14,19-22H,12-13H2,1-2H3,(H,27,30)(H2,26,28,29)/t19-,20-,21-,22+/m0/s1. The summed E-state index contributed by atoms with van der Waals surface area (Å²) in [7, 11) is 0. The number of carbonyl (C=O) groups excluding carboxylic acids is 2. The van der Waals surface area contributed by atoms with Crippen LogP contribution in [-0.2, 0) is 14.2 Å². The number of rotatable bonds is 5. The molecule has 2 aromatic carbocycles. The lowest BCUT2D eigenvalue weighted by Gasteiger charge is -2.18. The van der Waals surface area contributed by atoms with Crippen LogP contribution < -0.4 is 16.0 Å². The summed E-state index contributed by atoms with van der Waals surface area (Å²) in [5.41, 5.74) is 2.78. The van der Waals surface area contributed by atoms with Gasteiger partial charge in [-0.2, -0.15) is 5.26 Å². The molecule has 2 aromatic rings. The van der Waals surface area contributed by atoms with E-state index in [9.17, 15) is 9.59 Å². The molecule has 4 atom stereocenters. The molecule has 2 fully saturated rings. The van der Waals surface area contributed by atoms with Gasteiger partial charge < -0.3 is 24.8 Å². The molecule has 0 aromatic heterocycles. The highest BCUT2D eigenvalue weighted by Gasteiger charge is 2.50. The number of hydrogen-bond acceptors (Lipinski definition) is 6. The van der Waals surface area contributed by atoms with Crippen LogP contribution in [0.4, 0.5) is 21.0 Å². The van der Waals surface area contributed by atoms with E-state index in [1.54, 1.807) is 24.3 Å². The van der Waals surface area contributed by atoms with Gasteiger partial charge >= 0.3 is 12.1 Å². The number of nitrogens with one attached hydrogen (secondary N) is 3. The first kappa shape index (κ1) is 22.6. The second kappa shape index (κ2) is 9.90. The van der Waals surface area contributed by atoms with E-state index in [-0.39, 0.29) is 13.2 Å². The molecule has 0 aliphatic carbocycles. The summed E-state index contributed by atoms with van der Waals surface area (Å²) in [6, 6.07) is 15.4. The van der Waals surface area contributed by atoms with Crippen LogP contribution in [0.1, 0.15) is 30.9 Å². The molecular weight excluding hydrogens is 424 g/mol. The Kier molecular flexibility index (Phi) is 6.77. The molecule has 0 saturated carbocycles. The van der Waals surface area contributed by atoms with E-state index in [0.717, 1.165) is 0 Å². The number of benzene rings is 2. The third-order valence-electron chi connectivity index (χ3n) is 5.66. The Morgan fingerprint density at radius 3 is 2.52 bits per heavy atom. The van der Waals surface area contributed by atoms with Gasteiger partial charge in [0.15, 0.2) is 6.10 Å². The molecule has 2 aliphatic rings. The smallest absolute Gasteiger partial charge is 0.412 e. The normalized spacial score (nSPS) is 23.5. The van der Waals surface area contributed by atoms with Crippen molar-refractivity contribution < 1.29 is 23.8 Å². The maximum absolute atomic E-state index is 12.4. The summed E-state index contributed by atoms with van der Waals surface area (Å²) < 4.78 is 17.1. The summed E-state index contributed by atoms with van der Waals surface area (Å²) in [5.74, 6) is 0.407. The highest BCUT2D eigenvalue weighted by atomic mass is 16.6. The van der Waals surface area contributed by atoms with Crippen LogP contribution in [0.3, 0.4) is 0 Å². The van der Waals surface area contributed by atoms with Crippen LogP contribution in [0.15, 0.2) is 48.5 Å². The molecule has 9 nitrogen and oxygen atoms in total. The number of nitriles is 1. The molecule has 33 heavy (non-hydrogen) atoms. The molecule has 0 radical (unpaired) electrons. The topological polar surface area (TPSA) is 122 Å². The van der Waals surface area contributed by atoms with Crippen molar-refractivity contribution in [2.24, 2.45) is 0 Å². The Morgan fingerprint density at radius 2 is 1.79 bits per heavy atom. The Labute approximate surface area is 192 Å². The number of urea groups is 1. The lowest BCUT2D eigenvalue weighted by molar-refractivity contribution is 0.00874. The predicted molar refractivity (Wildman–Crippen MR) is 121 cm³/mol. The number of anilines is 2. The zero-order chi connectivity index (χ0) is 23.4. The zero-order valence-corrected chi connectivity index (χ0v) is 18.4. The SMILES string of the molecule is CC(C)c1ccc(NC(=O)O[C@H]2CO[C@@H]3[C@@H]2OC[C@@H]3NC(=O)Nc2cccc(C#N)c2)cc1. The van der Waals surface area contributed by atoms with Gasteiger partial charge in [-0.1, -0.05) is 32.0 Å². The second-order valence-electron chi connectivity index (χ2n) is 8.34. The van der Waals surface area contributed by atoms with E-state index in [0.29, 0.717) is 22.9 Å². The van der Waals surface area contributed by atoms with Gasteiger partial charge in [0.2, 0.25) is 0 Å². The van der Waals surface area contributed by atoms with Gasteiger partial charge in [-0.3, -0.25) is 5.32 Å². The summed E-state index contributed by atoms with van der Waals surface area (Å²) in [6.45, 7) is 4.62. The van der Waals surface area contributed by atoms with Crippen molar-refractivity contribution in [3.63, 3.8) is 0 Å². The molecule has 2 heterocycles. The molecule has 2 saturated heterocycles. The van der Waals surface area contributed by atoms with Crippen molar-refractivity contribution >= 4 is 23.5 Å². The van der Waals surface area contributed by atoms with Crippen molar-refractivity contribution in [2.45, 2.75) is 44.1 Å². The summed E-state index contributed by atoms with van der Waals surface area (Å²) in [4.78, 5) is 24.7. The molecular formula is C24H26N4O5. The van der Waals surface area contributed by atoms with Gasteiger partial charge in [0.05, 0.1) is 30.9 Å². The first-order valence-corrected chi connectivity index (χ1v) is 10.8. The lowest BCUT2D eigenvalue weighted by atomic mass is 10.0. The van der Waals surface area contributed by atoms with Crippen LogP contribution >= 0.6 is 0 Å². The largest absolute Gasteiger partial charge is 0.441 e. The first-order valence-electron chi connectivity index (χ1n) is 10.8. The predicted octanol–water partition coefficient (Wildman–Crippen LogP) is 3.59. The van der Waals surface area contributed by atoms with Crippen LogP contribution in [-0.4, -0.2) is 49.7 Å². The van der Waals surface area contributed by atoms with Crippen molar-refractivity contribution in [3.05, 3.63) is 59.7 Å². The number of hydrogen-bond donors (Lipinski definition) is 3. The fourth-order valence-electron chi connectivity index (χ4n) is 3.93. The number of fused-ring (bicyclic) bond motifs is 1. The first-order chi connectivity index (χ1) is 15.9. The maximum Gasteiger partial charge on any atom is 0.412 e. The number of nitrogens with zero attached hydrogens (tertiary/aromatic N) is 1. The molecule has 3 N–H and O–H groups in total. The third-order valence-corrected chi connectivity index (χ3v) is 5.66. The molecule has 3 amide bonds. The molecule has 2 aliphatic heterocycles. The number of ether oxygens (including phenoxy) is 3. The van der Waals surface area contributed by atoms with E-state index in [1.165, 1.54) is 5.56 Å². The highest BCUT2D eigenvalue weighted by molar-refractivity contribution is 5.89. The molecule has 4 rings (SSSR count). The molecule has 0 unspecified atom stereocenters.